The van der Waals surface area contributed by atoms with Crippen molar-refractivity contribution in [3.05, 3.63) is 0 Å². The standard InChI is InChI=1S/C6H13NO/c1-7(2)4-3-6-5-8-6/h6H,3-5H2,1-2H3/t6-/m1/s1. The van der Waals surface area contributed by atoms with Gasteiger partial charge in [-0.15, -0.1) is 0 Å². The fourth-order valence-electron chi connectivity index (χ4n) is 0.637. The van der Waals surface area contributed by atoms with Gasteiger partial charge >= 0.3 is 0 Å². The van der Waals surface area contributed by atoms with Gasteiger partial charge in [0.25, 0.3) is 0 Å². The third-order valence-corrected chi connectivity index (χ3v) is 1.30. The average molecular weight is 115 g/mol. The van der Waals surface area contributed by atoms with Gasteiger partial charge in [0.1, 0.15) is 0 Å². The summed E-state index contributed by atoms with van der Waals surface area (Å²) in [4.78, 5) is 2.18. The van der Waals surface area contributed by atoms with Crippen LogP contribution in [-0.2, 0) is 4.74 Å². The summed E-state index contributed by atoms with van der Waals surface area (Å²) in [6.07, 6.45) is 1.80. The molecule has 48 valence electrons. The van der Waals surface area contributed by atoms with Gasteiger partial charge in [0, 0.05) is 6.54 Å². The highest BCUT2D eigenvalue weighted by Crippen LogP contribution is 2.12. The minimum absolute atomic E-state index is 0.595. The molecule has 2 nitrogen and oxygen atoms in total. The van der Waals surface area contributed by atoms with Crippen LogP contribution in [0.15, 0.2) is 0 Å². The SMILES string of the molecule is CN(C)CC[C@@H]1CO1. The molecule has 0 radical (unpaired) electrons. The molecule has 0 aromatic rings. The molecule has 0 aromatic carbocycles. The number of nitrogens with zero attached hydrogens (tertiary/aromatic N) is 1. The third-order valence-electron chi connectivity index (χ3n) is 1.30. The summed E-state index contributed by atoms with van der Waals surface area (Å²) in [5.74, 6) is 0. The van der Waals surface area contributed by atoms with Crippen molar-refractivity contribution in [2.45, 2.75) is 12.5 Å². The van der Waals surface area contributed by atoms with Crippen LogP contribution in [0.4, 0.5) is 0 Å². The minimum atomic E-state index is 0.595. The van der Waals surface area contributed by atoms with E-state index in [1.54, 1.807) is 0 Å². The van der Waals surface area contributed by atoms with E-state index in [2.05, 4.69) is 19.0 Å². The monoisotopic (exact) mass is 115 g/mol. The molecule has 1 aliphatic heterocycles. The number of rotatable bonds is 3. The van der Waals surface area contributed by atoms with Crippen LogP contribution in [0.2, 0.25) is 0 Å². The topological polar surface area (TPSA) is 15.8 Å². The van der Waals surface area contributed by atoms with Gasteiger partial charge in [0.2, 0.25) is 0 Å². The van der Waals surface area contributed by atoms with Crippen LogP contribution in [0.1, 0.15) is 6.42 Å². The fraction of sp³-hybridized carbons (Fsp3) is 1.00. The molecular formula is C6H13NO. The quantitative estimate of drug-likeness (QED) is 0.493. The summed E-state index contributed by atoms with van der Waals surface area (Å²) >= 11 is 0. The Morgan fingerprint density at radius 3 is 2.62 bits per heavy atom. The number of hydrogen-bond acceptors (Lipinski definition) is 2. The second-order valence-corrected chi connectivity index (χ2v) is 2.55. The molecule has 0 saturated carbocycles. The molecule has 1 saturated heterocycles. The Kier molecular flexibility index (Phi) is 1.86. The van der Waals surface area contributed by atoms with Crippen molar-refractivity contribution in [3.63, 3.8) is 0 Å². The highest BCUT2D eigenvalue weighted by molar-refractivity contribution is 4.69. The number of hydrogen-bond donors (Lipinski definition) is 0. The Bertz CT molecular complexity index is 66.9. The van der Waals surface area contributed by atoms with Crippen LogP contribution >= 0.6 is 0 Å². The second kappa shape index (κ2) is 2.46. The van der Waals surface area contributed by atoms with Crippen LogP contribution in [0, 0.1) is 0 Å². The van der Waals surface area contributed by atoms with Crippen molar-refractivity contribution < 1.29 is 4.74 Å². The van der Waals surface area contributed by atoms with E-state index in [1.807, 2.05) is 0 Å². The highest BCUT2D eigenvalue weighted by atomic mass is 16.6. The zero-order chi connectivity index (χ0) is 5.98. The van der Waals surface area contributed by atoms with E-state index >= 15 is 0 Å². The van der Waals surface area contributed by atoms with E-state index in [0.717, 1.165) is 13.2 Å². The van der Waals surface area contributed by atoms with E-state index in [9.17, 15) is 0 Å². The van der Waals surface area contributed by atoms with Gasteiger partial charge in [-0.1, -0.05) is 0 Å². The van der Waals surface area contributed by atoms with E-state index in [4.69, 9.17) is 4.74 Å². The maximum Gasteiger partial charge on any atom is 0.0822 e. The van der Waals surface area contributed by atoms with Gasteiger partial charge in [0.15, 0.2) is 0 Å². The van der Waals surface area contributed by atoms with Crippen molar-refractivity contribution in [2.24, 2.45) is 0 Å². The first-order valence-electron chi connectivity index (χ1n) is 3.05. The first-order chi connectivity index (χ1) is 3.79. The van der Waals surface area contributed by atoms with Crippen molar-refractivity contribution in [2.75, 3.05) is 27.2 Å². The molecule has 0 unspecified atom stereocenters. The largest absolute Gasteiger partial charge is 0.373 e. The van der Waals surface area contributed by atoms with Crippen molar-refractivity contribution in [1.82, 2.24) is 4.90 Å². The lowest BCUT2D eigenvalue weighted by Crippen LogP contribution is -2.14. The summed E-state index contributed by atoms with van der Waals surface area (Å²) < 4.78 is 5.03. The van der Waals surface area contributed by atoms with Gasteiger partial charge < -0.3 is 9.64 Å². The maximum atomic E-state index is 5.03. The normalized spacial score (nSPS) is 26.6. The summed E-state index contributed by atoms with van der Waals surface area (Å²) in [5.41, 5.74) is 0. The molecule has 0 aliphatic carbocycles. The van der Waals surface area contributed by atoms with E-state index < -0.39 is 0 Å². The Labute approximate surface area is 50.4 Å². The van der Waals surface area contributed by atoms with Crippen molar-refractivity contribution in [1.29, 1.82) is 0 Å². The van der Waals surface area contributed by atoms with Crippen LogP contribution in [0.5, 0.6) is 0 Å². The molecule has 1 atom stereocenters. The molecule has 1 fully saturated rings. The van der Waals surface area contributed by atoms with Gasteiger partial charge in [-0.25, -0.2) is 0 Å². The Hall–Kier alpha value is -0.0800. The first-order valence-corrected chi connectivity index (χ1v) is 3.05. The zero-order valence-electron chi connectivity index (χ0n) is 5.55. The molecular weight excluding hydrogens is 102 g/mol. The smallest absolute Gasteiger partial charge is 0.0822 e. The second-order valence-electron chi connectivity index (χ2n) is 2.55. The minimum Gasteiger partial charge on any atom is -0.373 e. The van der Waals surface area contributed by atoms with E-state index in [0.29, 0.717) is 6.10 Å². The fourth-order valence-corrected chi connectivity index (χ4v) is 0.637. The molecule has 2 heteroatoms. The molecule has 0 N–H and O–H groups in total. The molecule has 1 heterocycles. The lowest BCUT2D eigenvalue weighted by atomic mass is 10.3. The zero-order valence-corrected chi connectivity index (χ0v) is 5.55. The Balaban J connectivity index is 1.87. The van der Waals surface area contributed by atoms with E-state index in [-0.39, 0.29) is 0 Å². The Morgan fingerprint density at radius 1 is 1.62 bits per heavy atom. The van der Waals surface area contributed by atoms with E-state index in [1.165, 1.54) is 6.42 Å². The molecule has 0 spiro atoms. The molecule has 0 aromatic heterocycles. The summed E-state index contributed by atoms with van der Waals surface area (Å²) in [6.45, 7) is 2.15. The van der Waals surface area contributed by atoms with Crippen molar-refractivity contribution >= 4 is 0 Å². The highest BCUT2D eigenvalue weighted by Gasteiger charge is 2.21. The van der Waals surface area contributed by atoms with Crippen LogP contribution in [0.25, 0.3) is 0 Å². The third kappa shape index (κ3) is 2.28. The van der Waals surface area contributed by atoms with Crippen LogP contribution in [-0.4, -0.2) is 38.3 Å². The first kappa shape index (κ1) is 6.05. The Morgan fingerprint density at radius 2 is 2.25 bits per heavy atom. The predicted molar refractivity (Wildman–Crippen MR) is 32.9 cm³/mol. The molecule has 1 rings (SSSR count). The maximum absolute atomic E-state index is 5.03. The lowest BCUT2D eigenvalue weighted by molar-refractivity contribution is 0.342. The molecule has 1 aliphatic rings. The van der Waals surface area contributed by atoms with Gasteiger partial charge in [-0.3, -0.25) is 0 Å². The van der Waals surface area contributed by atoms with Crippen LogP contribution in [0.3, 0.4) is 0 Å². The summed E-state index contributed by atoms with van der Waals surface area (Å²) in [5, 5.41) is 0. The number of epoxide rings is 1. The lowest BCUT2D eigenvalue weighted by Gasteiger charge is -2.05. The molecule has 8 heavy (non-hydrogen) atoms. The van der Waals surface area contributed by atoms with Gasteiger partial charge in [-0.2, -0.15) is 0 Å². The summed E-state index contributed by atoms with van der Waals surface area (Å²) in [6, 6.07) is 0. The summed E-state index contributed by atoms with van der Waals surface area (Å²) in [7, 11) is 4.17. The molecule has 0 amide bonds. The van der Waals surface area contributed by atoms with Gasteiger partial charge in [0.05, 0.1) is 12.7 Å². The van der Waals surface area contributed by atoms with Crippen molar-refractivity contribution in [3.8, 4) is 0 Å². The molecule has 0 bridgehead atoms. The van der Waals surface area contributed by atoms with Crippen LogP contribution < -0.4 is 0 Å². The average Bonchev–Trinajstić information content (AvgIpc) is 2.41. The van der Waals surface area contributed by atoms with Gasteiger partial charge in [-0.05, 0) is 20.5 Å². The number of ether oxygens (including phenoxy) is 1. The predicted octanol–water partition coefficient (Wildman–Crippen LogP) is 0.337.